The summed E-state index contributed by atoms with van der Waals surface area (Å²) in [6, 6.07) is 8.88. The van der Waals surface area contributed by atoms with Crippen molar-refractivity contribution in [2.45, 2.75) is 45.2 Å². The number of nitrogens with zero attached hydrogens (tertiary/aromatic N) is 6. The van der Waals surface area contributed by atoms with E-state index < -0.39 is 0 Å². The van der Waals surface area contributed by atoms with Crippen molar-refractivity contribution in [3.05, 3.63) is 54.6 Å². The van der Waals surface area contributed by atoms with E-state index in [1.807, 2.05) is 17.1 Å². The molecule has 0 atom stereocenters. The first-order chi connectivity index (χ1) is 17.2. The normalized spacial score (nSPS) is 17.4. The van der Waals surface area contributed by atoms with Crippen molar-refractivity contribution in [3.63, 3.8) is 0 Å². The molecule has 0 amide bonds. The van der Waals surface area contributed by atoms with Crippen LogP contribution >= 0.6 is 0 Å². The molecule has 0 unspecified atom stereocenters. The van der Waals surface area contributed by atoms with Gasteiger partial charge in [0.05, 0.1) is 43.5 Å². The number of fused-ring (bicyclic) bond motifs is 1. The summed E-state index contributed by atoms with van der Waals surface area (Å²) >= 11 is 0. The van der Waals surface area contributed by atoms with Crippen LogP contribution in [0.3, 0.4) is 0 Å². The van der Waals surface area contributed by atoms with Crippen molar-refractivity contribution < 1.29 is 4.74 Å². The minimum absolute atomic E-state index is 0.536. The molecule has 1 N–H and O–H groups in total. The third kappa shape index (κ3) is 4.81. The van der Waals surface area contributed by atoms with Gasteiger partial charge in [-0.3, -0.25) is 14.0 Å². The SMILES string of the molecule is Cc1cc2ncc(-c3cccc(NC4CCCC4)n3)n2cc1-c1cnn(CCN2CCOCC2)c1. The highest BCUT2D eigenvalue weighted by atomic mass is 16.5. The molecule has 4 aromatic rings. The summed E-state index contributed by atoms with van der Waals surface area (Å²) in [6.45, 7) is 7.65. The summed E-state index contributed by atoms with van der Waals surface area (Å²) in [5, 5.41) is 8.25. The fourth-order valence-corrected chi connectivity index (χ4v) is 5.24. The molecule has 35 heavy (non-hydrogen) atoms. The third-order valence-electron chi connectivity index (χ3n) is 7.27. The fourth-order valence-electron chi connectivity index (χ4n) is 5.24. The van der Waals surface area contributed by atoms with Crippen LogP contribution in [-0.2, 0) is 11.3 Å². The summed E-state index contributed by atoms with van der Waals surface area (Å²) in [5.74, 6) is 0.943. The summed E-state index contributed by atoms with van der Waals surface area (Å²) < 4.78 is 9.65. The monoisotopic (exact) mass is 471 g/mol. The average molecular weight is 472 g/mol. The number of morpholine rings is 1. The summed E-state index contributed by atoms with van der Waals surface area (Å²) in [5.41, 5.74) is 6.32. The van der Waals surface area contributed by atoms with Crippen molar-refractivity contribution >= 4 is 11.5 Å². The molecule has 0 radical (unpaired) electrons. The maximum absolute atomic E-state index is 5.45. The second-order valence-electron chi connectivity index (χ2n) is 9.72. The Labute approximate surface area is 206 Å². The van der Waals surface area contributed by atoms with Crippen molar-refractivity contribution in [1.29, 1.82) is 0 Å². The Morgan fingerprint density at radius 3 is 2.77 bits per heavy atom. The van der Waals surface area contributed by atoms with Gasteiger partial charge in [-0.05, 0) is 43.5 Å². The Morgan fingerprint density at radius 2 is 1.91 bits per heavy atom. The van der Waals surface area contributed by atoms with Crippen LogP contribution in [0, 0.1) is 6.92 Å². The van der Waals surface area contributed by atoms with Gasteiger partial charge in [0.1, 0.15) is 11.5 Å². The predicted octanol–water partition coefficient (Wildman–Crippen LogP) is 4.25. The van der Waals surface area contributed by atoms with Crippen molar-refractivity contribution in [2.75, 3.05) is 38.2 Å². The number of aryl methyl sites for hydroxylation is 1. The molecular formula is C27H33N7O. The topological polar surface area (TPSA) is 72.5 Å². The summed E-state index contributed by atoms with van der Waals surface area (Å²) in [7, 11) is 0. The van der Waals surface area contributed by atoms with E-state index in [9.17, 15) is 0 Å². The number of rotatable bonds is 7. The van der Waals surface area contributed by atoms with Crippen molar-refractivity contribution in [2.24, 2.45) is 0 Å². The lowest BCUT2D eigenvalue weighted by Crippen LogP contribution is -2.38. The van der Waals surface area contributed by atoms with Crippen LogP contribution in [0.2, 0.25) is 0 Å². The second-order valence-corrected chi connectivity index (χ2v) is 9.72. The lowest BCUT2D eigenvalue weighted by molar-refractivity contribution is 0.0360. The Morgan fingerprint density at radius 1 is 1.06 bits per heavy atom. The molecule has 4 aromatic heterocycles. The largest absolute Gasteiger partial charge is 0.379 e. The van der Waals surface area contributed by atoms with Gasteiger partial charge >= 0.3 is 0 Å². The molecule has 5 heterocycles. The lowest BCUT2D eigenvalue weighted by Gasteiger charge is -2.26. The molecule has 1 saturated heterocycles. The average Bonchev–Trinajstić information content (AvgIpc) is 3.64. The molecule has 8 heteroatoms. The first-order valence-electron chi connectivity index (χ1n) is 12.8. The highest BCUT2D eigenvalue weighted by Crippen LogP contribution is 2.28. The minimum atomic E-state index is 0.536. The molecule has 6 rings (SSSR count). The second kappa shape index (κ2) is 9.79. The van der Waals surface area contributed by atoms with Gasteiger partial charge in [0, 0.05) is 49.2 Å². The number of ether oxygens (including phenoxy) is 1. The van der Waals surface area contributed by atoms with E-state index in [1.165, 1.54) is 31.2 Å². The van der Waals surface area contributed by atoms with E-state index in [1.54, 1.807) is 0 Å². The van der Waals surface area contributed by atoms with Gasteiger partial charge in [-0.25, -0.2) is 9.97 Å². The van der Waals surface area contributed by atoms with Crippen LogP contribution < -0.4 is 5.32 Å². The molecule has 8 nitrogen and oxygen atoms in total. The van der Waals surface area contributed by atoms with Gasteiger partial charge in [0.25, 0.3) is 0 Å². The maximum atomic E-state index is 5.45. The number of imidazole rings is 1. The van der Waals surface area contributed by atoms with Crippen LogP contribution in [0.15, 0.2) is 49.1 Å². The molecule has 2 fully saturated rings. The molecular weight excluding hydrogens is 438 g/mol. The molecule has 1 aliphatic heterocycles. The van der Waals surface area contributed by atoms with Gasteiger partial charge in [0.15, 0.2) is 0 Å². The van der Waals surface area contributed by atoms with E-state index in [0.717, 1.165) is 73.4 Å². The van der Waals surface area contributed by atoms with Gasteiger partial charge < -0.3 is 10.1 Å². The maximum Gasteiger partial charge on any atom is 0.137 e. The highest BCUT2D eigenvalue weighted by molar-refractivity contribution is 5.70. The van der Waals surface area contributed by atoms with Gasteiger partial charge in [-0.1, -0.05) is 18.9 Å². The van der Waals surface area contributed by atoms with Crippen LogP contribution in [0.25, 0.3) is 28.2 Å². The molecule has 0 aromatic carbocycles. The van der Waals surface area contributed by atoms with E-state index >= 15 is 0 Å². The number of anilines is 1. The van der Waals surface area contributed by atoms with E-state index in [-0.39, 0.29) is 0 Å². The molecule has 2 aliphatic rings. The smallest absolute Gasteiger partial charge is 0.137 e. The molecule has 1 saturated carbocycles. The third-order valence-corrected chi connectivity index (χ3v) is 7.27. The number of pyridine rings is 2. The van der Waals surface area contributed by atoms with Crippen molar-refractivity contribution in [1.82, 2.24) is 29.0 Å². The molecule has 182 valence electrons. The van der Waals surface area contributed by atoms with Crippen molar-refractivity contribution in [3.8, 4) is 22.5 Å². The highest BCUT2D eigenvalue weighted by Gasteiger charge is 2.17. The first-order valence-corrected chi connectivity index (χ1v) is 12.8. The predicted molar refractivity (Wildman–Crippen MR) is 138 cm³/mol. The van der Waals surface area contributed by atoms with E-state index in [0.29, 0.717) is 6.04 Å². The van der Waals surface area contributed by atoms with Gasteiger partial charge in [-0.2, -0.15) is 5.10 Å². The Balaban J connectivity index is 1.25. The number of aromatic nitrogens is 5. The minimum Gasteiger partial charge on any atom is -0.379 e. The van der Waals surface area contributed by atoms with Crippen LogP contribution in [0.1, 0.15) is 31.2 Å². The standard InChI is InChI=1S/C27H33N7O/c1-20-15-27-28-17-25(24-7-4-8-26(31-24)30-22-5-2-3-6-22)34(27)19-23(20)21-16-29-33(18-21)10-9-32-11-13-35-14-12-32/h4,7-8,15-19,22H,2-3,5-6,9-14H2,1H3,(H,30,31). The fraction of sp³-hybridized carbons (Fsp3) is 0.444. The lowest BCUT2D eigenvalue weighted by atomic mass is 10.1. The zero-order valence-corrected chi connectivity index (χ0v) is 20.4. The van der Waals surface area contributed by atoms with Gasteiger partial charge in [0.2, 0.25) is 0 Å². The molecule has 0 bridgehead atoms. The van der Waals surface area contributed by atoms with E-state index in [2.05, 4.69) is 68.3 Å². The van der Waals surface area contributed by atoms with Crippen LogP contribution in [0.5, 0.6) is 0 Å². The number of nitrogens with one attached hydrogen (secondary N) is 1. The quantitative estimate of drug-likeness (QED) is 0.434. The Kier molecular flexibility index (Phi) is 6.22. The zero-order chi connectivity index (χ0) is 23.6. The Hall–Kier alpha value is -3.23. The molecule has 1 aliphatic carbocycles. The van der Waals surface area contributed by atoms with Gasteiger partial charge in [-0.15, -0.1) is 0 Å². The number of hydrogen-bond acceptors (Lipinski definition) is 6. The zero-order valence-electron chi connectivity index (χ0n) is 20.4. The van der Waals surface area contributed by atoms with Crippen LogP contribution in [-0.4, -0.2) is 67.9 Å². The van der Waals surface area contributed by atoms with Crippen LogP contribution in [0.4, 0.5) is 5.82 Å². The first kappa shape index (κ1) is 22.2. The summed E-state index contributed by atoms with van der Waals surface area (Å²) in [6.07, 6.45) is 13.3. The molecule has 0 spiro atoms. The van der Waals surface area contributed by atoms with E-state index in [4.69, 9.17) is 9.72 Å². The summed E-state index contributed by atoms with van der Waals surface area (Å²) in [4.78, 5) is 12.0. The number of hydrogen-bond donors (Lipinski definition) is 1. The Bertz CT molecular complexity index is 1300.